The van der Waals surface area contributed by atoms with Gasteiger partial charge >= 0.3 is 0 Å². The Hall–Kier alpha value is -2.14. The Balaban J connectivity index is 1.54. The highest BCUT2D eigenvalue weighted by atomic mass is 16.3. The Bertz CT molecular complexity index is 607. The monoisotopic (exact) mass is 299 g/mol. The fourth-order valence-electron chi connectivity index (χ4n) is 2.92. The Morgan fingerprint density at radius 2 is 2.14 bits per heavy atom. The Morgan fingerprint density at radius 3 is 2.77 bits per heavy atom. The van der Waals surface area contributed by atoms with E-state index in [9.17, 15) is 9.90 Å². The molecule has 22 heavy (non-hydrogen) atoms. The van der Waals surface area contributed by atoms with Gasteiger partial charge in [-0.1, -0.05) is 18.6 Å². The first-order chi connectivity index (χ1) is 10.7. The Kier molecular flexibility index (Phi) is 4.53. The molecule has 5 heteroatoms. The molecule has 0 spiro atoms. The fourth-order valence-corrected chi connectivity index (χ4v) is 2.92. The fraction of sp³-hybridized carbons (Fsp3) is 0.412. The number of carbonyl (C=O) groups is 1. The number of carbonyl (C=O) groups excluding carboxylic acids is 1. The number of benzene rings is 1. The maximum Gasteiger partial charge on any atom is 0.251 e. The molecule has 1 aromatic carbocycles. The maximum atomic E-state index is 12.1. The number of aliphatic hydroxyl groups is 1. The summed E-state index contributed by atoms with van der Waals surface area (Å²) in [4.78, 5) is 12.1. The van der Waals surface area contributed by atoms with E-state index in [2.05, 4.69) is 10.4 Å². The lowest BCUT2D eigenvalue weighted by Gasteiger charge is -2.15. The summed E-state index contributed by atoms with van der Waals surface area (Å²) in [5, 5.41) is 16.9. The van der Waals surface area contributed by atoms with Gasteiger partial charge in [-0.05, 0) is 36.6 Å². The Labute approximate surface area is 130 Å². The first-order valence-electron chi connectivity index (χ1n) is 7.75. The first-order valence-corrected chi connectivity index (χ1v) is 7.75. The summed E-state index contributed by atoms with van der Waals surface area (Å²) >= 11 is 0. The minimum atomic E-state index is -0.267. The summed E-state index contributed by atoms with van der Waals surface area (Å²) in [5.74, 6) is 0.118. The minimum Gasteiger partial charge on any atom is -0.393 e. The van der Waals surface area contributed by atoms with E-state index in [0.717, 1.165) is 24.8 Å². The zero-order valence-corrected chi connectivity index (χ0v) is 12.5. The third-order valence-corrected chi connectivity index (χ3v) is 4.26. The lowest BCUT2D eigenvalue weighted by atomic mass is 10.1. The average Bonchev–Trinajstić information content (AvgIpc) is 3.17. The van der Waals surface area contributed by atoms with Gasteiger partial charge in [0.05, 0.1) is 12.6 Å². The molecule has 1 amide bonds. The quantitative estimate of drug-likeness (QED) is 0.885. The van der Waals surface area contributed by atoms with Crippen molar-refractivity contribution in [2.24, 2.45) is 5.92 Å². The van der Waals surface area contributed by atoms with Gasteiger partial charge in [0.25, 0.3) is 5.91 Å². The van der Waals surface area contributed by atoms with E-state index in [1.54, 1.807) is 6.20 Å². The third kappa shape index (κ3) is 3.54. The lowest BCUT2D eigenvalue weighted by molar-refractivity contribution is 0.0917. The van der Waals surface area contributed by atoms with Gasteiger partial charge in [-0.25, -0.2) is 0 Å². The van der Waals surface area contributed by atoms with Gasteiger partial charge in [-0.15, -0.1) is 0 Å². The smallest absolute Gasteiger partial charge is 0.251 e. The van der Waals surface area contributed by atoms with Crippen LogP contribution in [-0.2, 0) is 6.54 Å². The highest BCUT2D eigenvalue weighted by molar-refractivity contribution is 5.94. The predicted molar refractivity (Wildman–Crippen MR) is 83.5 cm³/mol. The molecule has 1 aromatic heterocycles. The second-order valence-corrected chi connectivity index (χ2v) is 5.87. The molecule has 0 aliphatic heterocycles. The van der Waals surface area contributed by atoms with Crippen LogP contribution in [0.3, 0.4) is 0 Å². The van der Waals surface area contributed by atoms with E-state index in [1.165, 1.54) is 0 Å². The van der Waals surface area contributed by atoms with E-state index in [0.29, 0.717) is 18.7 Å². The van der Waals surface area contributed by atoms with Crippen molar-refractivity contribution < 1.29 is 9.90 Å². The van der Waals surface area contributed by atoms with Crippen molar-refractivity contribution in [3.8, 4) is 0 Å². The number of aromatic nitrogens is 2. The summed E-state index contributed by atoms with van der Waals surface area (Å²) in [6.45, 7) is 1.25. The molecule has 0 bridgehead atoms. The summed E-state index contributed by atoms with van der Waals surface area (Å²) in [6, 6.07) is 9.44. The maximum absolute atomic E-state index is 12.1. The zero-order chi connectivity index (χ0) is 15.4. The normalized spacial score (nSPS) is 21.0. The second kappa shape index (κ2) is 6.75. The van der Waals surface area contributed by atoms with Crippen LogP contribution in [0.1, 0.15) is 35.2 Å². The highest BCUT2D eigenvalue weighted by Crippen LogP contribution is 2.24. The summed E-state index contributed by atoms with van der Waals surface area (Å²) < 4.78 is 1.84. The van der Waals surface area contributed by atoms with E-state index in [4.69, 9.17) is 0 Å². The SMILES string of the molecule is O=C(NCC1CCCC1O)c1ccc(Cn2cccn2)cc1. The molecule has 1 saturated carbocycles. The molecule has 1 aliphatic rings. The highest BCUT2D eigenvalue weighted by Gasteiger charge is 2.25. The number of nitrogens with zero attached hydrogens (tertiary/aromatic N) is 2. The Morgan fingerprint density at radius 1 is 1.32 bits per heavy atom. The standard InChI is InChI=1S/C17H21N3O2/c21-16-4-1-3-15(16)11-18-17(22)14-7-5-13(6-8-14)12-20-10-2-9-19-20/h2,5-10,15-16,21H,1,3-4,11-12H2,(H,18,22). The summed E-state index contributed by atoms with van der Waals surface area (Å²) in [5.41, 5.74) is 1.75. The van der Waals surface area contributed by atoms with Crippen LogP contribution >= 0.6 is 0 Å². The molecule has 2 N–H and O–H groups in total. The van der Waals surface area contributed by atoms with Gasteiger partial charge in [0.1, 0.15) is 0 Å². The number of hydrogen-bond donors (Lipinski definition) is 2. The third-order valence-electron chi connectivity index (χ3n) is 4.26. The van der Waals surface area contributed by atoms with Gasteiger partial charge in [0, 0.05) is 30.4 Å². The molecule has 1 aliphatic carbocycles. The predicted octanol–water partition coefficient (Wildman–Crippen LogP) is 1.82. The average molecular weight is 299 g/mol. The van der Waals surface area contributed by atoms with Crippen LogP contribution in [0.25, 0.3) is 0 Å². The molecule has 0 radical (unpaired) electrons. The number of aliphatic hydroxyl groups excluding tert-OH is 1. The van der Waals surface area contributed by atoms with E-state index in [-0.39, 0.29) is 17.9 Å². The van der Waals surface area contributed by atoms with Crippen LogP contribution in [0.15, 0.2) is 42.7 Å². The van der Waals surface area contributed by atoms with Gasteiger partial charge in [-0.2, -0.15) is 5.10 Å². The molecule has 1 heterocycles. The molecular formula is C17H21N3O2. The molecule has 3 rings (SSSR count). The molecular weight excluding hydrogens is 278 g/mol. The van der Waals surface area contributed by atoms with Crippen molar-refractivity contribution in [2.45, 2.75) is 31.9 Å². The van der Waals surface area contributed by atoms with Crippen LogP contribution < -0.4 is 5.32 Å². The van der Waals surface area contributed by atoms with E-state index < -0.39 is 0 Å². The number of amides is 1. The van der Waals surface area contributed by atoms with Crippen molar-refractivity contribution in [1.29, 1.82) is 0 Å². The summed E-state index contributed by atoms with van der Waals surface area (Å²) in [6.07, 6.45) is 6.28. The van der Waals surface area contributed by atoms with Gasteiger partial charge in [0.2, 0.25) is 0 Å². The van der Waals surface area contributed by atoms with E-state index in [1.807, 2.05) is 41.2 Å². The van der Waals surface area contributed by atoms with Crippen molar-refractivity contribution in [3.05, 3.63) is 53.9 Å². The van der Waals surface area contributed by atoms with Gasteiger partial charge < -0.3 is 10.4 Å². The van der Waals surface area contributed by atoms with Crippen molar-refractivity contribution >= 4 is 5.91 Å². The van der Waals surface area contributed by atoms with Crippen molar-refractivity contribution in [1.82, 2.24) is 15.1 Å². The largest absolute Gasteiger partial charge is 0.393 e. The molecule has 2 unspecified atom stereocenters. The molecule has 2 aromatic rings. The van der Waals surface area contributed by atoms with E-state index >= 15 is 0 Å². The van der Waals surface area contributed by atoms with Gasteiger partial charge in [-0.3, -0.25) is 9.48 Å². The molecule has 2 atom stereocenters. The summed E-state index contributed by atoms with van der Waals surface area (Å²) in [7, 11) is 0. The second-order valence-electron chi connectivity index (χ2n) is 5.87. The molecule has 0 saturated heterocycles. The van der Waals surface area contributed by atoms with Crippen molar-refractivity contribution in [3.63, 3.8) is 0 Å². The van der Waals surface area contributed by atoms with Crippen LogP contribution in [0.4, 0.5) is 0 Å². The van der Waals surface area contributed by atoms with Crippen LogP contribution in [0, 0.1) is 5.92 Å². The van der Waals surface area contributed by atoms with Crippen LogP contribution in [0.5, 0.6) is 0 Å². The lowest BCUT2D eigenvalue weighted by Crippen LogP contribution is -2.32. The molecule has 1 fully saturated rings. The van der Waals surface area contributed by atoms with Crippen molar-refractivity contribution in [2.75, 3.05) is 6.54 Å². The number of nitrogens with one attached hydrogen (secondary N) is 1. The number of rotatable bonds is 5. The minimum absolute atomic E-state index is 0.0789. The number of hydrogen-bond acceptors (Lipinski definition) is 3. The van der Waals surface area contributed by atoms with Gasteiger partial charge in [0.15, 0.2) is 0 Å². The zero-order valence-electron chi connectivity index (χ0n) is 12.5. The molecule has 5 nitrogen and oxygen atoms in total. The first kappa shape index (κ1) is 14.8. The topological polar surface area (TPSA) is 67.2 Å². The van der Waals surface area contributed by atoms with Crippen LogP contribution in [-0.4, -0.2) is 33.4 Å². The van der Waals surface area contributed by atoms with Crippen LogP contribution in [0.2, 0.25) is 0 Å². The molecule has 116 valence electrons.